The normalized spacial score (nSPS) is 10.5. The van der Waals surface area contributed by atoms with Gasteiger partial charge < -0.3 is 5.32 Å². The molecule has 0 aliphatic carbocycles. The van der Waals surface area contributed by atoms with Gasteiger partial charge in [0.2, 0.25) is 0 Å². The Labute approximate surface area is 152 Å². The molecule has 0 saturated carbocycles. The smallest absolute Gasteiger partial charge is 0.252 e. The van der Waals surface area contributed by atoms with Crippen molar-refractivity contribution in [3.05, 3.63) is 88.7 Å². The van der Waals surface area contributed by atoms with Crippen molar-refractivity contribution in [2.75, 3.05) is 6.54 Å². The van der Waals surface area contributed by atoms with Gasteiger partial charge in [0.15, 0.2) is 0 Å². The second kappa shape index (κ2) is 7.95. The van der Waals surface area contributed by atoms with E-state index in [4.69, 9.17) is 11.6 Å². The molecule has 4 heteroatoms. The second-order valence-corrected chi connectivity index (χ2v) is 6.40. The second-order valence-electron chi connectivity index (χ2n) is 5.96. The van der Waals surface area contributed by atoms with Crippen molar-refractivity contribution in [3.8, 4) is 11.1 Å². The summed E-state index contributed by atoms with van der Waals surface area (Å²) in [5, 5.41) is 3.65. The molecule has 0 atom stereocenters. The van der Waals surface area contributed by atoms with E-state index >= 15 is 0 Å². The molecule has 3 aromatic rings. The third kappa shape index (κ3) is 4.68. The fourth-order valence-electron chi connectivity index (χ4n) is 2.62. The molecule has 0 aliphatic rings. The molecule has 1 heterocycles. The van der Waals surface area contributed by atoms with Crippen LogP contribution in [0, 0.1) is 6.92 Å². The summed E-state index contributed by atoms with van der Waals surface area (Å²) >= 11 is 5.87. The lowest BCUT2D eigenvalue weighted by atomic mass is 10.0. The molecular formula is C21H19ClN2O. The van der Waals surface area contributed by atoms with Gasteiger partial charge in [-0.15, -0.1) is 0 Å². The number of carbonyl (C=O) groups is 1. The van der Waals surface area contributed by atoms with Crippen molar-refractivity contribution in [1.82, 2.24) is 10.3 Å². The van der Waals surface area contributed by atoms with Gasteiger partial charge in [0.05, 0.1) is 5.56 Å². The molecule has 126 valence electrons. The SMILES string of the molecule is Cc1cccc(-c2cncc(C(=O)NCCc3ccc(Cl)cc3)c2)c1. The number of amides is 1. The third-order valence-electron chi connectivity index (χ3n) is 3.96. The van der Waals surface area contributed by atoms with E-state index in [0.717, 1.165) is 23.1 Å². The van der Waals surface area contributed by atoms with Crippen LogP contribution in [-0.4, -0.2) is 17.4 Å². The quantitative estimate of drug-likeness (QED) is 0.725. The molecular weight excluding hydrogens is 332 g/mol. The van der Waals surface area contributed by atoms with Gasteiger partial charge in [-0.05, 0) is 42.7 Å². The molecule has 1 aromatic heterocycles. The fraction of sp³-hybridized carbons (Fsp3) is 0.143. The van der Waals surface area contributed by atoms with Crippen LogP contribution in [0.5, 0.6) is 0 Å². The van der Waals surface area contributed by atoms with E-state index in [1.54, 1.807) is 12.4 Å². The summed E-state index contributed by atoms with van der Waals surface area (Å²) in [5.41, 5.74) is 4.87. The molecule has 0 bridgehead atoms. The molecule has 0 radical (unpaired) electrons. The molecule has 0 saturated heterocycles. The van der Waals surface area contributed by atoms with Gasteiger partial charge >= 0.3 is 0 Å². The summed E-state index contributed by atoms with van der Waals surface area (Å²) in [4.78, 5) is 16.6. The van der Waals surface area contributed by atoms with Crippen LogP contribution in [0.4, 0.5) is 0 Å². The van der Waals surface area contributed by atoms with Gasteiger partial charge in [-0.25, -0.2) is 0 Å². The lowest BCUT2D eigenvalue weighted by molar-refractivity contribution is 0.0954. The summed E-state index contributed by atoms with van der Waals surface area (Å²) in [6.07, 6.45) is 4.13. The minimum atomic E-state index is -0.115. The van der Waals surface area contributed by atoms with Crippen molar-refractivity contribution < 1.29 is 4.79 Å². The first kappa shape index (κ1) is 17.2. The first-order chi connectivity index (χ1) is 12.1. The largest absolute Gasteiger partial charge is 0.352 e. The predicted molar refractivity (Wildman–Crippen MR) is 102 cm³/mol. The Kier molecular flexibility index (Phi) is 5.46. The van der Waals surface area contributed by atoms with Crippen molar-refractivity contribution in [2.24, 2.45) is 0 Å². The number of nitrogens with one attached hydrogen (secondary N) is 1. The minimum absolute atomic E-state index is 0.115. The number of rotatable bonds is 5. The Morgan fingerprint density at radius 1 is 1.04 bits per heavy atom. The molecule has 1 amide bonds. The lowest BCUT2D eigenvalue weighted by Gasteiger charge is -2.08. The summed E-state index contributed by atoms with van der Waals surface area (Å²) < 4.78 is 0. The monoisotopic (exact) mass is 350 g/mol. The van der Waals surface area contributed by atoms with E-state index in [0.29, 0.717) is 17.1 Å². The Balaban J connectivity index is 1.64. The van der Waals surface area contributed by atoms with E-state index < -0.39 is 0 Å². The summed E-state index contributed by atoms with van der Waals surface area (Å²) in [6, 6.07) is 17.7. The first-order valence-corrected chi connectivity index (χ1v) is 8.54. The molecule has 2 aromatic carbocycles. The van der Waals surface area contributed by atoms with Gasteiger partial charge in [0.1, 0.15) is 0 Å². The van der Waals surface area contributed by atoms with E-state index in [1.165, 1.54) is 5.56 Å². The molecule has 0 spiro atoms. The van der Waals surface area contributed by atoms with E-state index in [2.05, 4.69) is 16.4 Å². The van der Waals surface area contributed by atoms with Gasteiger partial charge in [0.25, 0.3) is 5.91 Å². The number of pyridine rings is 1. The van der Waals surface area contributed by atoms with Gasteiger partial charge in [-0.3, -0.25) is 9.78 Å². The molecule has 0 fully saturated rings. The van der Waals surface area contributed by atoms with Crippen LogP contribution >= 0.6 is 11.6 Å². The highest BCUT2D eigenvalue weighted by Crippen LogP contribution is 2.20. The molecule has 0 unspecified atom stereocenters. The zero-order valence-electron chi connectivity index (χ0n) is 14.0. The molecule has 3 nitrogen and oxygen atoms in total. The van der Waals surface area contributed by atoms with Crippen LogP contribution in [0.15, 0.2) is 67.0 Å². The van der Waals surface area contributed by atoms with Crippen LogP contribution in [0.25, 0.3) is 11.1 Å². The highest BCUT2D eigenvalue weighted by molar-refractivity contribution is 6.30. The maximum atomic E-state index is 12.4. The van der Waals surface area contributed by atoms with Gasteiger partial charge in [-0.2, -0.15) is 0 Å². The number of aryl methyl sites for hydroxylation is 1. The maximum Gasteiger partial charge on any atom is 0.252 e. The zero-order valence-corrected chi connectivity index (χ0v) is 14.8. The molecule has 0 aliphatic heterocycles. The minimum Gasteiger partial charge on any atom is -0.352 e. The average molecular weight is 351 g/mol. The zero-order chi connectivity index (χ0) is 17.6. The van der Waals surface area contributed by atoms with E-state index in [-0.39, 0.29) is 5.91 Å². The number of hydrogen-bond donors (Lipinski definition) is 1. The number of halogens is 1. The van der Waals surface area contributed by atoms with Crippen molar-refractivity contribution in [1.29, 1.82) is 0 Å². The van der Waals surface area contributed by atoms with Crippen LogP contribution < -0.4 is 5.32 Å². The Morgan fingerprint density at radius 3 is 2.60 bits per heavy atom. The van der Waals surface area contributed by atoms with Gasteiger partial charge in [-0.1, -0.05) is 53.6 Å². The fourth-order valence-corrected chi connectivity index (χ4v) is 2.75. The van der Waals surface area contributed by atoms with Crippen LogP contribution in [0.1, 0.15) is 21.5 Å². The van der Waals surface area contributed by atoms with Crippen molar-refractivity contribution in [2.45, 2.75) is 13.3 Å². The highest BCUT2D eigenvalue weighted by atomic mass is 35.5. The number of carbonyl (C=O) groups excluding carboxylic acids is 1. The predicted octanol–water partition coefficient (Wildman–Crippen LogP) is 4.68. The summed E-state index contributed by atoms with van der Waals surface area (Å²) in [7, 11) is 0. The summed E-state index contributed by atoms with van der Waals surface area (Å²) in [6.45, 7) is 2.61. The Hall–Kier alpha value is -2.65. The molecule has 1 N–H and O–H groups in total. The Morgan fingerprint density at radius 2 is 1.84 bits per heavy atom. The topological polar surface area (TPSA) is 42.0 Å². The van der Waals surface area contributed by atoms with E-state index in [9.17, 15) is 4.79 Å². The lowest BCUT2D eigenvalue weighted by Crippen LogP contribution is -2.25. The Bertz CT molecular complexity index is 875. The first-order valence-electron chi connectivity index (χ1n) is 8.16. The molecule has 3 rings (SSSR count). The van der Waals surface area contributed by atoms with Crippen LogP contribution in [-0.2, 0) is 6.42 Å². The molecule has 25 heavy (non-hydrogen) atoms. The standard InChI is InChI=1S/C21H19ClN2O/c1-15-3-2-4-17(11-15)18-12-19(14-23-13-18)21(25)24-10-9-16-5-7-20(22)8-6-16/h2-8,11-14H,9-10H2,1H3,(H,24,25). The van der Waals surface area contributed by atoms with Crippen molar-refractivity contribution >= 4 is 17.5 Å². The number of hydrogen-bond acceptors (Lipinski definition) is 2. The maximum absolute atomic E-state index is 12.4. The number of benzene rings is 2. The average Bonchev–Trinajstić information content (AvgIpc) is 2.63. The number of nitrogens with zero attached hydrogens (tertiary/aromatic N) is 1. The highest BCUT2D eigenvalue weighted by Gasteiger charge is 2.08. The summed E-state index contributed by atoms with van der Waals surface area (Å²) in [5.74, 6) is -0.115. The van der Waals surface area contributed by atoms with E-state index in [1.807, 2.05) is 55.5 Å². The third-order valence-corrected chi connectivity index (χ3v) is 4.22. The van der Waals surface area contributed by atoms with Crippen LogP contribution in [0.2, 0.25) is 5.02 Å². The number of aromatic nitrogens is 1. The van der Waals surface area contributed by atoms with Crippen molar-refractivity contribution in [3.63, 3.8) is 0 Å². The van der Waals surface area contributed by atoms with Crippen LogP contribution in [0.3, 0.4) is 0 Å². The van der Waals surface area contributed by atoms with Gasteiger partial charge in [0, 0.05) is 29.5 Å².